The third-order valence-corrected chi connectivity index (χ3v) is 6.53. The van der Waals surface area contributed by atoms with Gasteiger partial charge in [0.1, 0.15) is 30.2 Å². The number of esters is 2. The van der Waals surface area contributed by atoms with Gasteiger partial charge >= 0.3 is 11.9 Å². The molecule has 5 heterocycles. The van der Waals surface area contributed by atoms with Gasteiger partial charge in [-0.15, -0.1) is 0 Å². The number of ether oxygens (including phenoxy) is 6. The minimum atomic E-state index is -2.34. The highest BCUT2D eigenvalue weighted by molar-refractivity contribution is 5.81. The second-order valence-electron chi connectivity index (χ2n) is 8.51. The van der Waals surface area contributed by atoms with E-state index in [4.69, 9.17) is 34.2 Å². The summed E-state index contributed by atoms with van der Waals surface area (Å²) >= 11 is 0. The van der Waals surface area contributed by atoms with E-state index in [1.54, 1.807) is 4.57 Å². The molecular formula is C20H25N5O10. The van der Waals surface area contributed by atoms with E-state index in [1.807, 2.05) is 0 Å². The maximum absolute atomic E-state index is 12.3. The molecule has 3 saturated heterocycles. The number of nitrogens with two attached hydrogens (primary N) is 1. The van der Waals surface area contributed by atoms with Crippen molar-refractivity contribution in [2.75, 3.05) is 20.0 Å². The standard InChI is InChI=1S/C20H25N5O10/c1-7(26)32-12-14(19(28)31-3)34-9-4-8-11(35-20(9,29)15(12)27)13(30-2)18(33-8)25-6-24-10-16(21)22-5-23-17(10)25/h5-6,8-9,11-15,18,27,29H,4H2,1-3H3,(H2,21,22,23). The summed E-state index contributed by atoms with van der Waals surface area (Å²) in [6.07, 6.45) is -6.48. The Hall–Kier alpha value is -2.95. The second kappa shape index (κ2) is 8.61. The number of imidazole rings is 1. The molecule has 2 aromatic heterocycles. The van der Waals surface area contributed by atoms with Crippen molar-refractivity contribution in [2.45, 2.75) is 68.1 Å². The summed E-state index contributed by atoms with van der Waals surface area (Å²) in [7, 11) is 2.56. The minimum Gasteiger partial charge on any atom is -0.467 e. The van der Waals surface area contributed by atoms with Crippen molar-refractivity contribution in [3.63, 3.8) is 0 Å². The van der Waals surface area contributed by atoms with Gasteiger partial charge in [-0.2, -0.15) is 0 Å². The summed E-state index contributed by atoms with van der Waals surface area (Å²) in [6.45, 7) is 1.09. The van der Waals surface area contributed by atoms with Gasteiger partial charge in [0.2, 0.25) is 5.79 Å². The SMILES string of the molecule is COC(=O)C1OC2CC3OC(n4cnc5c(N)ncnc54)C(OC)C3OC2(O)C(O)C1OC(C)=O. The molecule has 0 spiro atoms. The number of nitrogen functional groups attached to an aromatic ring is 1. The van der Waals surface area contributed by atoms with Crippen molar-refractivity contribution in [3.8, 4) is 0 Å². The van der Waals surface area contributed by atoms with Gasteiger partial charge in [-0.3, -0.25) is 9.36 Å². The van der Waals surface area contributed by atoms with Crippen molar-refractivity contribution in [1.29, 1.82) is 0 Å². The number of methoxy groups -OCH3 is 2. The quantitative estimate of drug-likeness (QED) is 0.394. The second-order valence-corrected chi connectivity index (χ2v) is 8.51. The fourth-order valence-electron chi connectivity index (χ4n) is 4.94. The predicted molar refractivity (Wildman–Crippen MR) is 111 cm³/mol. The summed E-state index contributed by atoms with van der Waals surface area (Å²) in [6, 6.07) is 0. The molecular weight excluding hydrogens is 470 g/mol. The first-order valence-electron chi connectivity index (χ1n) is 10.8. The van der Waals surface area contributed by atoms with Crippen molar-refractivity contribution >= 4 is 28.9 Å². The van der Waals surface area contributed by atoms with Crippen LogP contribution in [0, 0.1) is 0 Å². The molecule has 3 aliphatic heterocycles. The summed E-state index contributed by atoms with van der Waals surface area (Å²) in [5.74, 6) is -3.84. The lowest BCUT2D eigenvalue weighted by atomic mass is 9.84. The van der Waals surface area contributed by atoms with E-state index in [0.29, 0.717) is 11.2 Å². The molecule has 3 fully saturated rings. The molecule has 0 radical (unpaired) electrons. The van der Waals surface area contributed by atoms with Gasteiger partial charge in [0.05, 0.1) is 19.5 Å². The number of aliphatic hydroxyl groups excluding tert-OH is 1. The van der Waals surface area contributed by atoms with Gasteiger partial charge in [-0.05, 0) is 0 Å². The van der Waals surface area contributed by atoms with Crippen LogP contribution in [0.5, 0.6) is 0 Å². The van der Waals surface area contributed by atoms with E-state index >= 15 is 0 Å². The lowest BCUT2D eigenvalue weighted by Gasteiger charge is -2.52. The predicted octanol–water partition coefficient (Wildman–Crippen LogP) is -1.97. The average molecular weight is 495 g/mol. The van der Waals surface area contributed by atoms with Gasteiger partial charge in [0.25, 0.3) is 0 Å². The number of carbonyl (C=O) groups excluding carboxylic acids is 2. The Morgan fingerprint density at radius 3 is 2.69 bits per heavy atom. The van der Waals surface area contributed by atoms with Gasteiger partial charge in [-0.25, -0.2) is 19.7 Å². The number of anilines is 1. The number of hydrogen-bond donors (Lipinski definition) is 3. The molecule has 9 unspecified atom stereocenters. The van der Waals surface area contributed by atoms with E-state index in [9.17, 15) is 19.8 Å². The van der Waals surface area contributed by atoms with Gasteiger partial charge in [-0.1, -0.05) is 0 Å². The van der Waals surface area contributed by atoms with Crippen LogP contribution in [-0.4, -0.2) is 104 Å². The molecule has 190 valence electrons. The van der Waals surface area contributed by atoms with Crippen LogP contribution in [0.3, 0.4) is 0 Å². The molecule has 15 heteroatoms. The maximum Gasteiger partial charge on any atom is 0.339 e. The smallest absolute Gasteiger partial charge is 0.339 e. The number of fused-ring (bicyclic) bond motifs is 3. The fourth-order valence-corrected chi connectivity index (χ4v) is 4.94. The number of rotatable bonds is 4. The Bertz CT molecular complexity index is 1140. The summed E-state index contributed by atoms with van der Waals surface area (Å²) in [4.78, 5) is 36.3. The lowest BCUT2D eigenvalue weighted by Crippen LogP contribution is -2.73. The zero-order chi connectivity index (χ0) is 25.1. The monoisotopic (exact) mass is 495 g/mol. The minimum absolute atomic E-state index is 0.0125. The number of aliphatic hydroxyl groups is 2. The largest absolute Gasteiger partial charge is 0.467 e. The van der Waals surface area contributed by atoms with Crippen LogP contribution in [0.4, 0.5) is 5.82 Å². The number of hydrogen-bond acceptors (Lipinski definition) is 14. The highest BCUT2D eigenvalue weighted by Crippen LogP contribution is 2.47. The first kappa shape index (κ1) is 23.8. The van der Waals surface area contributed by atoms with Gasteiger partial charge < -0.3 is 44.4 Å². The molecule has 0 aromatic carbocycles. The van der Waals surface area contributed by atoms with E-state index in [2.05, 4.69) is 15.0 Å². The van der Waals surface area contributed by atoms with Crippen molar-refractivity contribution < 1.29 is 48.2 Å². The van der Waals surface area contributed by atoms with Crippen LogP contribution in [0.15, 0.2) is 12.7 Å². The molecule has 0 amide bonds. The highest BCUT2D eigenvalue weighted by atomic mass is 16.7. The molecule has 15 nitrogen and oxygen atoms in total. The molecule has 2 aromatic rings. The number of aromatic nitrogens is 4. The van der Waals surface area contributed by atoms with Gasteiger partial charge in [0.15, 0.2) is 36.0 Å². The van der Waals surface area contributed by atoms with Crippen LogP contribution in [0.1, 0.15) is 19.6 Å². The van der Waals surface area contributed by atoms with E-state index < -0.39 is 66.7 Å². The zero-order valence-electron chi connectivity index (χ0n) is 19.0. The average Bonchev–Trinajstić information content (AvgIpc) is 3.40. The highest BCUT2D eigenvalue weighted by Gasteiger charge is 2.66. The number of carbonyl (C=O) groups is 2. The Labute approximate surface area is 198 Å². The first-order chi connectivity index (χ1) is 16.7. The molecule has 4 N–H and O–H groups in total. The van der Waals surface area contributed by atoms with Crippen LogP contribution < -0.4 is 5.73 Å². The Kier molecular flexibility index (Phi) is 5.85. The summed E-state index contributed by atoms with van der Waals surface area (Å²) < 4.78 is 35.0. The molecule has 5 rings (SSSR count). The van der Waals surface area contributed by atoms with Crippen molar-refractivity contribution in [3.05, 3.63) is 12.7 Å². The first-order valence-corrected chi connectivity index (χ1v) is 10.8. The molecule has 3 aliphatic rings. The third kappa shape index (κ3) is 3.62. The van der Waals surface area contributed by atoms with Crippen LogP contribution in [0.25, 0.3) is 11.2 Å². The van der Waals surface area contributed by atoms with Crippen LogP contribution >= 0.6 is 0 Å². The Balaban J connectivity index is 1.47. The van der Waals surface area contributed by atoms with Crippen molar-refractivity contribution in [2.24, 2.45) is 0 Å². The molecule has 35 heavy (non-hydrogen) atoms. The zero-order valence-corrected chi connectivity index (χ0v) is 19.0. The van der Waals surface area contributed by atoms with E-state index in [0.717, 1.165) is 14.0 Å². The molecule has 0 bridgehead atoms. The van der Waals surface area contributed by atoms with Crippen LogP contribution in [0.2, 0.25) is 0 Å². The topological polar surface area (TPSA) is 200 Å². The van der Waals surface area contributed by atoms with E-state index in [1.165, 1.54) is 19.8 Å². The van der Waals surface area contributed by atoms with Gasteiger partial charge in [0, 0.05) is 20.5 Å². The third-order valence-electron chi connectivity index (χ3n) is 6.53. The van der Waals surface area contributed by atoms with Crippen molar-refractivity contribution in [1.82, 2.24) is 19.5 Å². The lowest BCUT2D eigenvalue weighted by molar-refractivity contribution is -0.397. The normalized spacial score (nSPS) is 38.5. The van der Waals surface area contributed by atoms with E-state index in [-0.39, 0.29) is 12.2 Å². The molecule has 0 aliphatic carbocycles. The van der Waals surface area contributed by atoms with Crippen LogP contribution in [-0.2, 0) is 38.0 Å². The number of nitrogens with zero attached hydrogens (tertiary/aromatic N) is 4. The molecule has 0 saturated carbocycles. The Morgan fingerprint density at radius 1 is 1.23 bits per heavy atom. The maximum atomic E-state index is 12.3. The summed E-state index contributed by atoms with van der Waals surface area (Å²) in [5, 5.41) is 22.4. The molecule has 9 atom stereocenters. The summed E-state index contributed by atoms with van der Waals surface area (Å²) in [5.41, 5.74) is 6.66. The fraction of sp³-hybridized carbons (Fsp3) is 0.650. The Morgan fingerprint density at radius 2 is 2.00 bits per heavy atom.